The van der Waals surface area contributed by atoms with Crippen molar-refractivity contribution >= 4 is 38.7 Å². The van der Waals surface area contributed by atoms with Crippen LogP contribution in [0.1, 0.15) is 30.7 Å². The monoisotopic (exact) mass is 419 g/mol. The van der Waals surface area contributed by atoms with Gasteiger partial charge in [-0.1, -0.05) is 22.0 Å². The molecular weight excluding hydrogens is 398 g/mol. The summed E-state index contributed by atoms with van der Waals surface area (Å²) in [5, 5.41) is 8.31. The maximum Gasteiger partial charge on any atom is 0.263 e. The molecule has 0 saturated carbocycles. The van der Waals surface area contributed by atoms with Gasteiger partial charge in [-0.05, 0) is 42.1 Å². The van der Waals surface area contributed by atoms with Crippen molar-refractivity contribution in [1.82, 2.24) is 15.1 Å². The molecular formula is C17H22BrN7O. The van der Waals surface area contributed by atoms with Gasteiger partial charge in [-0.15, -0.1) is 0 Å². The Morgan fingerprint density at radius 1 is 1.27 bits per heavy atom. The highest BCUT2D eigenvalue weighted by atomic mass is 79.9. The Morgan fingerprint density at radius 2 is 2.15 bits per heavy atom. The molecule has 6 N–H and O–H groups in total. The average Bonchev–Trinajstić information content (AvgIpc) is 3.21. The first-order valence-electron chi connectivity index (χ1n) is 8.49. The Morgan fingerprint density at radius 3 is 3.00 bits per heavy atom. The summed E-state index contributed by atoms with van der Waals surface area (Å²) >= 11 is 3.48. The van der Waals surface area contributed by atoms with Crippen molar-refractivity contribution in [3.8, 4) is 0 Å². The Bertz CT molecular complexity index is 882. The summed E-state index contributed by atoms with van der Waals surface area (Å²) in [6.45, 7) is 1.44. The minimum Gasteiger partial charge on any atom is -0.370 e. The zero-order valence-corrected chi connectivity index (χ0v) is 15.9. The van der Waals surface area contributed by atoms with Crippen molar-refractivity contribution in [1.29, 1.82) is 0 Å². The molecule has 3 rings (SSSR count). The third-order valence-corrected chi connectivity index (χ3v) is 4.44. The van der Waals surface area contributed by atoms with Crippen molar-refractivity contribution in [2.45, 2.75) is 25.7 Å². The highest BCUT2D eigenvalue weighted by Gasteiger charge is 2.10. The summed E-state index contributed by atoms with van der Waals surface area (Å²) in [4.78, 5) is 11.6. The van der Waals surface area contributed by atoms with Gasteiger partial charge in [0.15, 0.2) is 5.96 Å². The van der Waals surface area contributed by atoms with E-state index in [2.05, 4.69) is 47.4 Å². The number of aromatic amines is 1. The first-order chi connectivity index (χ1) is 12.6. The number of guanidine groups is 1. The van der Waals surface area contributed by atoms with E-state index in [4.69, 9.17) is 16.0 Å². The lowest BCUT2D eigenvalue weighted by Gasteiger charge is -2.00. The van der Waals surface area contributed by atoms with Gasteiger partial charge < -0.3 is 26.3 Å². The number of hydrogen-bond donors (Lipinski definition) is 4. The molecule has 0 bridgehead atoms. The van der Waals surface area contributed by atoms with Gasteiger partial charge in [0.2, 0.25) is 5.89 Å². The Kier molecular flexibility index (Phi) is 6.11. The van der Waals surface area contributed by atoms with Crippen LogP contribution in [0.4, 0.5) is 5.95 Å². The second-order valence-electron chi connectivity index (χ2n) is 5.99. The molecule has 138 valence electrons. The number of hydrogen-bond acceptors (Lipinski definition) is 5. The van der Waals surface area contributed by atoms with Crippen LogP contribution < -0.4 is 16.8 Å². The van der Waals surface area contributed by atoms with Crippen molar-refractivity contribution < 1.29 is 4.52 Å². The average molecular weight is 420 g/mol. The largest absolute Gasteiger partial charge is 0.370 e. The molecule has 0 saturated heterocycles. The topological polar surface area (TPSA) is 131 Å². The summed E-state index contributed by atoms with van der Waals surface area (Å²) in [6, 6.07) is 6.14. The molecule has 8 nitrogen and oxygen atoms in total. The first kappa shape index (κ1) is 18.2. The molecule has 0 fully saturated rings. The number of H-pyrrole nitrogens is 1. The molecule has 0 aliphatic rings. The molecule has 0 aliphatic heterocycles. The van der Waals surface area contributed by atoms with Crippen molar-refractivity contribution in [2.75, 3.05) is 18.4 Å². The summed E-state index contributed by atoms with van der Waals surface area (Å²) in [6.07, 6.45) is 5.54. The zero-order valence-electron chi connectivity index (χ0n) is 14.3. The Labute approximate surface area is 159 Å². The number of halogens is 1. The maximum atomic E-state index is 5.34. The van der Waals surface area contributed by atoms with Gasteiger partial charge in [0.1, 0.15) is 0 Å². The molecule has 9 heteroatoms. The van der Waals surface area contributed by atoms with Crippen LogP contribution in [0.25, 0.3) is 10.9 Å². The molecule has 0 radical (unpaired) electrons. The number of aliphatic imine (C=N–C) groups is 1. The van der Waals surface area contributed by atoms with Crippen LogP contribution in [0.15, 0.2) is 38.4 Å². The van der Waals surface area contributed by atoms with E-state index in [-0.39, 0.29) is 5.96 Å². The summed E-state index contributed by atoms with van der Waals surface area (Å²) in [7, 11) is 0. The molecule has 0 unspecified atom stereocenters. The first-order valence-corrected chi connectivity index (χ1v) is 9.28. The lowest BCUT2D eigenvalue weighted by molar-refractivity contribution is 0.386. The molecule has 2 heterocycles. The van der Waals surface area contributed by atoms with Crippen LogP contribution in [0.2, 0.25) is 0 Å². The normalized spacial score (nSPS) is 11.0. The van der Waals surface area contributed by atoms with Crippen LogP contribution in [0, 0.1) is 0 Å². The second-order valence-corrected chi connectivity index (χ2v) is 6.90. The van der Waals surface area contributed by atoms with Gasteiger partial charge >= 0.3 is 0 Å². The predicted octanol–water partition coefficient (Wildman–Crippen LogP) is 2.76. The van der Waals surface area contributed by atoms with Gasteiger partial charge in [-0.25, -0.2) is 0 Å². The maximum absolute atomic E-state index is 5.34. The number of rotatable bonds is 9. The van der Waals surface area contributed by atoms with Crippen LogP contribution in [-0.4, -0.2) is 34.2 Å². The van der Waals surface area contributed by atoms with E-state index in [1.54, 1.807) is 0 Å². The number of fused-ring (bicyclic) bond motifs is 1. The summed E-state index contributed by atoms with van der Waals surface area (Å²) in [5.74, 6) is 1.25. The van der Waals surface area contributed by atoms with E-state index in [9.17, 15) is 0 Å². The number of aromatic nitrogens is 3. The molecule has 0 atom stereocenters. The van der Waals surface area contributed by atoms with Crippen LogP contribution in [0.5, 0.6) is 0 Å². The predicted molar refractivity (Wildman–Crippen MR) is 106 cm³/mol. The van der Waals surface area contributed by atoms with E-state index >= 15 is 0 Å². The van der Waals surface area contributed by atoms with Crippen LogP contribution >= 0.6 is 15.9 Å². The number of nitrogens with zero attached hydrogens (tertiary/aromatic N) is 3. The van der Waals surface area contributed by atoms with Crippen molar-refractivity contribution in [2.24, 2.45) is 16.5 Å². The molecule has 0 spiro atoms. The van der Waals surface area contributed by atoms with E-state index in [0.717, 1.165) is 46.7 Å². The third kappa shape index (κ3) is 4.98. The Balaban J connectivity index is 1.46. The fourth-order valence-corrected chi connectivity index (χ4v) is 3.05. The summed E-state index contributed by atoms with van der Waals surface area (Å²) in [5.41, 5.74) is 12.8. The number of anilines is 1. The van der Waals surface area contributed by atoms with Gasteiger partial charge in [-0.2, -0.15) is 4.98 Å². The van der Waals surface area contributed by atoms with Crippen molar-refractivity contribution in [3.05, 3.63) is 40.3 Å². The standard InChI is InChI=1S/C17H22BrN7O/c18-12-4-5-13-11(10-23-14(13)9-12)8-15-24-17(25-26-15)22-7-3-1-2-6-21-16(19)20/h4-5,9-10,23H,1-3,6-8H2,(H,22,25)(H4,19,20,21). The van der Waals surface area contributed by atoms with E-state index in [1.165, 1.54) is 0 Å². The highest BCUT2D eigenvalue weighted by molar-refractivity contribution is 9.10. The minimum atomic E-state index is 0.144. The van der Waals surface area contributed by atoms with E-state index < -0.39 is 0 Å². The van der Waals surface area contributed by atoms with Gasteiger partial charge in [0.25, 0.3) is 5.95 Å². The zero-order chi connectivity index (χ0) is 18.4. The van der Waals surface area contributed by atoms with Crippen molar-refractivity contribution in [3.63, 3.8) is 0 Å². The lowest BCUT2D eigenvalue weighted by Crippen LogP contribution is -2.22. The van der Waals surface area contributed by atoms with Gasteiger partial charge in [0.05, 0.1) is 6.42 Å². The van der Waals surface area contributed by atoms with E-state index in [0.29, 0.717) is 24.8 Å². The number of unbranched alkanes of at least 4 members (excludes halogenated alkanes) is 2. The molecule has 3 aromatic rings. The molecule has 1 aromatic carbocycles. The Hall–Kier alpha value is -2.55. The fraction of sp³-hybridized carbons (Fsp3) is 0.353. The van der Waals surface area contributed by atoms with Crippen LogP contribution in [0.3, 0.4) is 0 Å². The lowest BCUT2D eigenvalue weighted by atomic mass is 10.1. The number of nitrogens with two attached hydrogens (primary N) is 2. The number of benzene rings is 1. The molecule has 26 heavy (non-hydrogen) atoms. The summed E-state index contributed by atoms with van der Waals surface area (Å²) < 4.78 is 6.38. The quantitative estimate of drug-likeness (QED) is 0.239. The fourth-order valence-electron chi connectivity index (χ4n) is 2.69. The molecule has 0 aliphatic carbocycles. The second kappa shape index (κ2) is 8.70. The number of nitrogens with one attached hydrogen (secondary N) is 2. The minimum absolute atomic E-state index is 0.144. The smallest absolute Gasteiger partial charge is 0.263 e. The van der Waals surface area contributed by atoms with Crippen LogP contribution in [-0.2, 0) is 6.42 Å². The van der Waals surface area contributed by atoms with E-state index in [1.807, 2.05) is 18.3 Å². The molecule has 2 aromatic heterocycles. The highest BCUT2D eigenvalue weighted by Crippen LogP contribution is 2.24. The molecule has 0 amide bonds. The third-order valence-electron chi connectivity index (χ3n) is 3.95. The van der Waals surface area contributed by atoms with Gasteiger partial charge in [-0.3, -0.25) is 4.99 Å². The SMILES string of the molecule is NC(N)=NCCCCCNc1noc(Cc2c[nH]c3cc(Br)ccc23)n1. The van der Waals surface area contributed by atoms with Gasteiger partial charge in [0, 0.05) is 34.7 Å².